The van der Waals surface area contributed by atoms with Gasteiger partial charge in [-0.05, 0) is 19.5 Å². The predicted octanol–water partition coefficient (Wildman–Crippen LogP) is 1.40. The lowest BCUT2D eigenvalue weighted by Crippen LogP contribution is -2.30. The van der Waals surface area contributed by atoms with E-state index in [0.717, 1.165) is 47.6 Å². The van der Waals surface area contributed by atoms with Crippen LogP contribution in [0.5, 0.6) is 0 Å². The number of hydrogen-bond donors (Lipinski definition) is 3. The maximum absolute atomic E-state index is 5.95. The summed E-state index contributed by atoms with van der Waals surface area (Å²) in [6, 6.07) is 10.4. The number of aromatic amines is 1. The van der Waals surface area contributed by atoms with E-state index in [0.29, 0.717) is 6.04 Å². The van der Waals surface area contributed by atoms with Crippen LogP contribution in [0, 0.1) is 0 Å². The van der Waals surface area contributed by atoms with Crippen molar-refractivity contribution in [2.45, 2.75) is 12.5 Å². The van der Waals surface area contributed by atoms with Gasteiger partial charge in [-0.25, -0.2) is 4.98 Å². The molecule has 2 aromatic heterocycles. The van der Waals surface area contributed by atoms with Crippen LogP contribution >= 0.6 is 0 Å². The summed E-state index contributed by atoms with van der Waals surface area (Å²) in [6.07, 6.45) is 1.10. The third kappa shape index (κ3) is 2.49. The standard InChI is InChI=1S/C16H19N7/c1-18-10-6-7-23(9-10)14-8-13(19-16(17)20-14)15-11-4-2-3-5-12(11)21-22-15/h2-5,8,10,18H,6-7,9H2,1H3,(H,21,22)(H2,17,19,20)/t10-/m1/s1. The maximum Gasteiger partial charge on any atom is 0.222 e. The van der Waals surface area contributed by atoms with Gasteiger partial charge >= 0.3 is 0 Å². The summed E-state index contributed by atoms with van der Waals surface area (Å²) in [5.41, 5.74) is 8.51. The molecule has 0 aliphatic carbocycles. The zero-order valence-electron chi connectivity index (χ0n) is 13.0. The van der Waals surface area contributed by atoms with Crippen molar-refractivity contribution in [3.05, 3.63) is 30.3 Å². The van der Waals surface area contributed by atoms with Crippen LogP contribution in [0.15, 0.2) is 30.3 Å². The summed E-state index contributed by atoms with van der Waals surface area (Å²) < 4.78 is 0. The second-order valence-corrected chi connectivity index (χ2v) is 5.81. The molecule has 1 fully saturated rings. The molecule has 23 heavy (non-hydrogen) atoms. The summed E-state index contributed by atoms with van der Waals surface area (Å²) >= 11 is 0. The van der Waals surface area contributed by atoms with Gasteiger partial charge in [-0.15, -0.1) is 0 Å². The van der Waals surface area contributed by atoms with Crippen molar-refractivity contribution in [3.63, 3.8) is 0 Å². The predicted molar refractivity (Wildman–Crippen MR) is 91.2 cm³/mol. The van der Waals surface area contributed by atoms with Gasteiger partial charge in [0.25, 0.3) is 0 Å². The SMILES string of the molecule is CN[C@@H]1CCN(c2cc(-c3[nH]nc4ccccc34)nc(N)n2)C1. The monoisotopic (exact) mass is 309 g/mol. The molecule has 0 radical (unpaired) electrons. The number of nitrogens with one attached hydrogen (secondary N) is 2. The third-order valence-corrected chi connectivity index (χ3v) is 4.37. The van der Waals surface area contributed by atoms with E-state index in [9.17, 15) is 0 Å². The van der Waals surface area contributed by atoms with E-state index in [4.69, 9.17) is 5.73 Å². The number of benzene rings is 1. The first-order chi connectivity index (χ1) is 11.2. The van der Waals surface area contributed by atoms with Gasteiger partial charge in [-0.3, -0.25) is 5.10 Å². The van der Waals surface area contributed by atoms with E-state index < -0.39 is 0 Å². The summed E-state index contributed by atoms with van der Waals surface area (Å²) in [7, 11) is 1.99. The summed E-state index contributed by atoms with van der Waals surface area (Å²) in [6.45, 7) is 1.89. The molecule has 4 N–H and O–H groups in total. The molecule has 0 bridgehead atoms. The molecule has 1 saturated heterocycles. The molecule has 3 heterocycles. The minimum atomic E-state index is 0.282. The van der Waals surface area contributed by atoms with Crippen LogP contribution in [0.1, 0.15) is 6.42 Å². The van der Waals surface area contributed by atoms with Gasteiger partial charge in [0.2, 0.25) is 5.95 Å². The minimum Gasteiger partial charge on any atom is -0.368 e. The Bertz CT molecular complexity index is 841. The van der Waals surface area contributed by atoms with Crippen molar-refractivity contribution in [1.29, 1.82) is 0 Å². The maximum atomic E-state index is 5.95. The summed E-state index contributed by atoms with van der Waals surface area (Å²) in [5, 5.41) is 11.7. The van der Waals surface area contributed by atoms with Crippen LogP contribution in [0.2, 0.25) is 0 Å². The van der Waals surface area contributed by atoms with E-state index in [2.05, 4.69) is 30.4 Å². The molecule has 7 nitrogen and oxygen atoms in total. The number of para-hydroxylation sites is 1. The van der Waals surface area contributed by atoms with E-state index in [1.165, 1.54) is 0 Å². The normalized spacial score (nSPS) is 18.0. The van der Waals surface area contributed by atoms with Crippen molar-refractivity contribution < 1.29 is 0 Å². The highest BCUT2D eigenvalue weighted by molar-refractivity contribution is 5.92. The molecule has 118 valence electrons. The lowest BCUT2D eigenvalue weighted by atomic mass is 10.1. The van der Waals surface area contributed by atoms with Crippen molar-refractivity contribution in [1.82, 2.24) is 25.5 Å². The van der Waals surface area contributed by atoms with Gasteiger partial charge in [0.15, 0.2) is 0 Å². The first-order valence-electron chi connectivity index (χ1n) is 7.75. The van der Waals surface area contributed by atoms with Crippen molar-refractivity contribution in [2.75, 3.05) is 30.8 Å². The Hall–Kier alpha value is -2.67. The fourth-order valence-corrected chi connectivity index (χ4v) is 3.10. The number of nitrogens with two attached hydrogens (primary N) is 1. The van der Waals surface area contributed by atoms with Gasteiger partial charge in [-0.1, -0.05) is 18.2 Å². The molecule has 4 rings (SSSR count). The topological polar surface area (TPSA) is 95.8 Å². The van der Waals surface area contributed by atoms with Gasteiger partial charge < -0.3 is 16.0 Å². The van der Waals surface area contributed by atoms with Crippen LogP contribution < -0.4 is 16.0 Å². The molecule has 0 spiro atoms. The Labute approximate surface area is 133 Å². The zero-order chi connectivity index (χ0) is 15.8. The molecule has 3 aromatic rings. The number of anilines is 2. The number of nitrogen functional groups attached to an aromatic ring is 1. The third-order valence-electron chi connectivity index (χ3n) is 4.37. The molecule has 0 amide bonds. The number of fused-ring (bicyclic) bond motifs is 1. The summed E-state index contributed by atoms with van der Waals surface area (Å²) in [4.78, 5) is 11.0. The highest BCUT2D eigenvalue weighted by Crippen LogP contribution is 2.28. The van der Waals surface area contributed by atoms with Crippen molar-refractivity contribution in [3.8, 4) is 11.4 Å². The number of nitrogens with zero attached hydrogens (tertiary/aromatic N) is 4. The van der Waals surface area contributed by atoms with Crippen LogP contribution in [-0.4, -0.2) is 46.3 Å². The van der Waals surface area contributed by atoms with E-state index >= 15 is 0 Å². The lowest BCUT2D eigenvalue weighted by molar-refractivity contribution is 0.616. The molecule has 7 heteroatoms. The highest BCUT2D eigenvalue weighted by atomic mass is 15.2. The molecule has 1 atom stereocenters. The molecule has 1 aromatic carbocycles. The number of rotatable bonds is 3. The average Bonchev–Trinajstić information content (AvgIpc) is 3.21. The Morgan fingerprint density at radius 2 is 2.17 bits per heavy atom. The van der Waals surface area contributed by atoms with E-state index in [-0.39, 0.29) is 5.95 Å². The van der Waals surface area contributed by atoms with Crippen LogP contribution in [-0.2, 0) is 0 Å². The number of aromatic nitrogens is 4. The molecule has 1 aliphatic heterocycles. The molecule has 0 unspecified atom stereocenters. The minimum absolute atomic E-state index is 0.282. The average molecular weight is 309 g/mol. The Morgan fingerprint density at radius 1 is 1.30 bits per heavy atom. The summed E-state index contributed by atoms with van der Waals surface area (Å²) in [5.74, 6) is 1.15. The largest absolute Gasteiger partial charge is 0.368 e. The first kappa shape index (κ1) is 14.0. The lowest BCUT2D eigenvalue weighted by Gasteiger charge is -2.18. The number of H-pyrrole nitrogens is 1. The highest BCUT2D eigenvalue weighted by Gasteiger charge is 2.23. The molecule has 1 aliphatic rings. The smallest absolute Gasteiger partial charge is 0.222 e. The second kappa shape index (κ2) is 5.51. The van der Waals surface area contributed by atoms with Gasteiger partial charge in [0.05, 0.1) is 16.9 Å². The molecular formula is C16H19N7. The molecular weight excluding hydrogens is 290 g/mol. The Morgan fingerprint density at radius 3 is 3.00 bits per heavy atom. The number of likely N-dealkylation sites (N-methyl/N-ethyl adjacent to an activating group) is 1. The Kier molecular flexibility index (Phi) is 3.34. The van der Waals surface area contributed by atoms with Crippen LogP contribution in [0.3, 0.4) is 0 Å². The second-order valence-electron chi connectivity index (χ2n) is 5.81. The van der Waals surface area contributed by atoms with E-state index in [1.807, 2.05) is 37.4 Å². The Balaban J connectivity index is 1.75. The van der Waals surface area contributed by atoms with Gasteiger partial charge in [0, 0.05) is 30.6 Å². The van der Waals surface area contributed by atoms with Gasteiger partial charge in [-0.2, -0.15) is 10.1 Å². The molecule has 0 saturated carbocycles. The number of hydrogen-bond acceptors (Lipinski definition) is 6. The van der Waals surface area contributed by atoms with Crippen LogP contribution in [0.25, 0.3) is 22.3 Å². The fourth-order valence-electron chi connectivity index (χ4n) is 3.10. The van der Waals surface area contributed by atoms with E-state index in [1.54, 1.807) is 0 Å². The van der Waals surface area contributed by atoms with Gasteiger partial charge in [0.1, 0.15) is 5.82 Å². The van der Waals surface area contributed by atoms with Crippen LogP contribution in [0.4, 0.5) is 11.8 Å². The fraction of sp³-hybridized carbons (Fsp3) is 0.312. The van der Waals surface area contributed by atoms with Crippen molar-refractivity contribution >= 4 is 22.7 Å². The first-order valence-corrected chi connectivity index (χ1v) is 7.75. The zero-order valence-corrected chi connectivity index (χ0v) is 13.0. The van der Waals surface area contributed by atoms with Crippen molar-refractivity contribution in [2.24, 2.45) is 0 Å². The quantitative estimate of drug-likeness (QED) is 0.677.